The van der Waals surface area contributed by atoms with Gasteiger partial charge in [0.1, 0.15) is 5.69 Å². The maximum atomic E-state index is 12.9. The zero-order valence-electron chi connectivity index (χ0n) is 14.0. The average molecular weight is 404 g/mol. The number of halogens is 4. The van der Waals surface area contributed by atoms with Crippen LogP contribution in [0.5, 0.6) is 0 Å². The largest absolute Gasteiger partial charge is 0.433 e. The molecule has 1 fully saturated rings. The van der Waals surface area contributed by atoms with Crippen LogP contribution < -0.4 is 10.6 Å². The summed E-state index contributed by atoms with van der Waals surface area (Å²) in [4.78, 5) is 25.1. The third-order valence-electron chi connectivity index (χ3n) is 3.85. The van der Waals surface area contributed by atoms with Crippen LogP contribution in [0, 0.1) is 0 Å². The molecular weight excluding hydrogens is 387 g/mol. The van der Waals surface area contributed by atoms with Gasteiger partial charge in [0.15, 0.2) is 0 Å². The van der Waals surface area contributed by atoms with E-state index in [0.29, 0.717) is 18.8 Å². The summed E-state index contributed by atoms with van der Waals surface area (Å²) in [5.41, 5.74) is -0.244. The molecule has 2 heterocycles. The number of rotatable bonds is 4. The van der Waals surface area contributed by atoms with Crippen molar-refractivity contribution in [1.29, 1.82) is 0 Å². The molecule has 11 heteroatoms. The van der Waals surface area contributed by atoms with E-state index in [1.165, 1.54) is 29.2 Å². The summed E-state index contributed by atoms with van der Waals surface area (Å²) < 4.78 is 39.5. The molecule has 1 saturated heterocycles. The van der Waals surface area contributed by atoms with Crippen molar-refractivity contribution in [2.75, 3.05) is 31.5 Å². The van der Waals surface area contributed by atoms with Gasteiger partial charge < -0.3 is 15.5 Å². The van der Waals surface area contributed by atoms with Gasteiger partial charge in [-0.3, -0.25) is 9.59 Å². The lowest BCUT2D eigenvalue weighted by Crippen LogP contribution is -2.50. The zero-order valence-corrected chi connectivity index (χ0v) is 14.8. The number of amides is 2. The van der Waals surface area contributed by atoms with Crippen molar-refractivity contribution in [3.8, 4) is 5.69 Å². The van der Waals surface area contributed by atoms with Crippen LogP contribution in [0.2, 0.25) is 0 Å². The average Bonchev–Trinajstić information content (AvgIpc) is 3.08. The van der Waals surface area contributed by atoms with E-state index < -0.39 is 11.9 Å². The standard InChI is InChI=1S/C16H16F3N5O2.ClH/c17-16(18,19)13-5-6-21-24(13)12-3-1-11(2-4-12)22-14(25)10-23-8-7-20-9-15(23)26;/h1-6,20H,7-10H2,(H,22,25);1H. The van der Waals surface area contributed by atoms with Crippen LogP contribution in [0.25, 0.3) is 5.69 Å². The lowest BCUT2D eigenvalue weighted by atomic mass is 10.2. The number of nitrogens with one attached hydrogen (secondary N) is 2. The van der Waals surface area contributed by atoms with Crippen LogP contribution in [-0.2, 0) is 15.8 Å². The Morgan fingerprint density at radius 1 is 1.22 bits per heavy atom. The maximum Gasteiger partial charge on any atom is 0.433 e. The summed E-state index contributed by atoms with van der Waals surface area (Å²) in [6, 6.07) is 6.70. The molecule has 3 rings (SSSR count). The normalized spacial score (nSPS) is 14.6. The van der Waals surface area contributed by atoms with Crippen molar-refractivity contribution in [1.82, 2.24) is 20.0 Å². The van der Waals surface area contributed by atoms with Gasteiger partial charge in [-0.05, 0) is 30.3 Å². The summed E-state index contributed by atoms with van der Waals surface area (Å²) in [6.07, 6.45) is -3.44. The molecule has 0 radical (unpaired) electrons. The van der Waals surface area contributed by atoms with Crippen LogP contribution >= 0.6 is 12.4 Å². The highest BCUT2D eigenvalue weighted by Gasteiger charge is 2.35. The first-order valence-corrected chi connectivity index (χ1v) is 7.84. The van der Waals surface area contributed by atoms with Gasteiger partial charge in [-0.1, -0.05) is 0 Å². The van der Waals surface area contributed by atoms with Gasteiger partial charge in [-0.2, -0.15) is 18.3 Å². The van der Waals surface area contributed by atoms with Gasteiger partial charge in [0.25, 0.3) is 0 Å². The summed E-state index contributed by atoms with van der Waals surface area (Å²) in [5.74, 6) is -0.525. The predicted molar refractivity (Wildman–Crippen MR) is 93.9 cm³/mol. The maximum absolute atomic E-state index is 12.9. The molecule has 1 aromatic carbocycles. The first-order chi connectivity index (χ1) is 12.3. The fourth-order valence-corrected chi connectivity index (χ4v) is 2.60. The molecule has 1 aliphatic heterocycles. The van der Waals surface area contributed by atoms with E-state index in [0.717, 1.165) is 16.9 Å². The van der Waals surface area contributed by atoms with Gasteiger partial charge in [0.05, 0.1) is 25.0 Å². The monoisotopic (exact) mass is 403 g/mol. The highest BCUT2D eigenvalue weighted by atomic mass is 35.5. The predicted octanol–water partition coefficient (Wildman–Crippen LogP) is 1.68. The SMILES string of the molecule is Cl.O=C(CN1CCNCC1=O)Nc1ccc(-n2nccc2C(F)(F)F)cc1. The van der Waals surface area contributed by atoms with Gasteiger partial charge in [-0.15, -0.1) is 12.4 Å². The second-order valence-electron chi connectivity index (χ2n) is 5.71. The molecule has 2 aromatic rings. The van der Waals surface area contributed by atoms with Crippen LogP contribution in [0.4, 0.5) is 18.9 Å². The van der Waals surface area contributed by atoms with E-state index in [1.54, 1.807) is 0 Å². The molecule has 27 heavy (non-hydrogen) atoms. The second-order valence-corrected chi connectivity index (χ2v) is 5.71. The van der Waals surface area contributed by atoms with Crippen LogP contribution in [0.1, 0.15) is 5.69 Å². The third-order valence-corrected chi connectivity index (χ3v) is 3.85. The number of piperazine rings is 1. The first-order valence-electron chi connectivity index (χ1n) is 7.84. The lowest BCUT2D eigenvalue weighted by Gasteiger charge is -2.26. The number of hydrogen-bond acceptors (Lipinski definition) is 4. The fourth-order valence-electron chi connectivity index (χ4n) is 2.60. The Morgan fingerprint density at radius 3 is 2.56 bits per heavy atom. The number of alkyl halides is 3. The number of aromatic nitrogens is 2. The smallest absolute Gasteiger partial charge is 0.331 e. The van der Waals surface area contributed by atoms with Gasteiger partial charge in [0, 0.05) is 18.8 Å². The number of carbonyl (C=O) groups excluding carboxylic acids is 2. The summed E-state index contributed by atoms with van der Waals surface area (Å²) in [5, 5.41) is 9.22. The number of carbonyl (C=O) groups is 2. The van der Waals surface area contributed by atoms with Crippen LogP contribution in [0.3, 0.4) is 0 Å². The van der Waals surface area contributed by atoms with Crippen molar-refractivity contribution in [2.24, 2.45) is 0 Å². The number of anilines is 1. The van der Waals surface area contributed by atoms with E-state index in [2.05, 4.69) is 15.7 Å². The van der Waals surface area contributed by atoms with Crippen molar-refractivity contribution in [2.45, 2.75) is 6.18 Å². The quantitative estimate of drug-likeness (QED) is 0.814. The first kappa shape index (κ1) is 20.7. The van der Waals surface area contributed by atoms with Crippen molar-refractivity contribution in [3.05, 3.63) is 42.2 Å². The molecule has 146 valence electrons. The van der Waals surface area contributed by atoms with Crippen molar-refractivity contribution >= 4 is 29.9 Å². The highest BCUT2D eigenvalue weighted by molar-refractivity contribution is 5.95. The fraction of sp³-hybridized carbons (Fsp3) is 0.312. The summed E-state index contributed by atoms with van der Waals surface area (Å²) in [7, 11) is 0. The van der Waals surface area contributed by atoms with E-state index >= 15 is 0 Å². The second kappa shape index (κ2) is 8.40. The van der Waals surface area contributed by atoms with Crippen molar-refractivity contribution in [3.63, 3.8) is 0 Å². The Kier molecular flexibility index (Phi) is 6.45. The number of nitrogens with zero attached hydrogens (tertiary/aromatic N) is 3. The molecule has 0 aliphatic carbocycles. The van der Waals surface area contributed by atoms with E-state index in [4.69, 9.17) is 0 Å². The van der Waals surface area contributed by atoms with Crippen LogP contribution in [0.15, 0.2) is 36.5 Å². The Morgan fingerprint density at radius 2 is 1.93 bits per heavy atom. The van der Waals surface area contributed by atoms with E-state index in [9.17, 15) is 22.8 Å². The molecule has 1 aromatic heterocycles. The zero-order chi connectivity index (χ0) is 18.7. The summed E-state index contributed by atoms with van der Waals surface area (Å²) in [6.45, 7) is 1.21. The minimum absolute atomic E-state index is 0. The van der Waals surface area contributed by atoms with E-state index in [1.807, 2.05) is 0 Å². The van der Waals surface area contributed by atoms with E-state index in [-0.39, 0.29) is 43.0 Å². The van der Waals surface area contributed by atoms with Gasteiger partial charge in [-0.25, -0.2) is 4.68 Å². The minimum atomic E-state index is -4.51. The topological polar surface area (TPSA) is 79.3 Å². The Bertz CT molecular complexity index is 807. The minimum Gasteiger partial charge on any atom is -0.331 e. The summed E-state index contributed by atoms with van der Waals surface area (Å²) >= 11 is 0. The molecule has 1 aliphatic rings. The number of benzene rings is 1. The molecule has 7 nitrogen and oxygen atoms in total. The van der Waals surface area contributed by atoms with Crippen LogP contribution in [-0.4, -0.2) is 52.7 Å². The third kappa shape index (κ3) is 4.98. The molecule has 0 unspecified atom stereocenters. The molecule has 2 N–H and O–H groups in total. The Hall–Kier alpha value is -2.59. The lowest BCUT2D eigenvalue weighted by molar-refractivity contribution is -0.142. The molecule has 2 amide bonds. The number of hydrogen-bond donors (Lipinski definition) is 2. The highest BCUT2D eigenvalue weighted by Crippen LogP contribution is 2.30. The van der Waals surface area contributed by atoms with Gasteiger partial charge >= 0.3 is 6.18 Å². The molecule has 0 spiro atoms. The Labute approximate surface area is 158 Å². The molecule has 0 bridgehead atoms. The molecule has 0 atom stereocenters. The Balaban J connectivity index is 0.00000261. The van der Waals surface area contributed by atoms with Gasteiger partial charge in [0.2, 0.25) is 11.8 Å². The molecular formula is C16H17ClF3N5O2. The molecule has 0 saturated carbocycles. The van der Waals surface area contributed by atoms with Crippen molar-refractivity contribution < 1.29 is 22.8 Å².